The normalized spacial score (nSPS) is 11.4. The van der Waals surface area contributed by atoms with Crippen LogP contribution in [-0.4, -0.2) is 22.1 Å². The Morgan fingerprint density at radius 1 is 1.04 bits per heavy atom. The fourth-order valence-corrected chi connectivity index (χ4v) is 2.96. The lowest BCUT2D eigenvalue weighted by Crippen LogP contribution is -2.04. The quantitative estimate of drug-likeness (QED) is 0.628. The van der Waals surface area contributed by atoms with E-state index in [4.69, 9.17) is 4.74 Å². The zero-order valence-corrected chi connectivity index (χ0v) is 13.8. The highest BCUT2D eigenvalue weighted by Crippen LogP contribution is 2.37. The van der Waals surface area contributed by atoms with E-state index in [-0.39, 0.29) is 0 Å². The molecule has 0 saturated heterocycles. The Labute approximate surface area is 146 Å². The van der Waals surface area contributed by atoms with Crippen molar-refractivity contribution in [1.29, 1.82) is 0 Å². The summed E-state index contributed by atoms with van der Waals surface area (Å²) in [5.41, 5.74) is -0.147. The van der Waals surface area contributed by atoms with Crippen molar-refractivity contribution in [3.8, 4) is 17.3 Å². The summed E-state index contributed by atoms with van der Waals surface area (Å²) in [6.45, 7) is 0. The molecule has 2 aromatic heterocycles. The van der Waals surface area contributed by atoms with Gasteiger partial charge >= 0.3 is 6.18 Å². The van der Waals surface area contributed by atoms with Gasteiger partial charge in [0.2, 0.25) is 0 Å². The highest BCUT2D eigenvalue weighted by molar-refractivity contribution is 7.99. The second-order valence-corrected chi connectivity index (χ2v) is 5.97. The molecule has 0 bridgehead atoms. The minimum atomic E-state index is -4.40. The number of rotatable bonds is 4. The number of benzene rings is 1. The van der Waals surface area contributed by atoms with Crippen LogP contribution in [0.3, 0.4) is 0 Å². The molecule has 128 valence electrons. The molecule has 1 aromatic carbocycles. The van der Waals surface area contributed by atoms with Gasteiger partial charge in [0.1, 0.15) is 10.7 Å². The SMILES string of the molecule is COc1cnc(-c2ccccn2)nc1Sc1cccc(C(F)(F)F)c1. The molecule has 0 N–H and O–H groups in total. The number of pyridine rings is 1. The van der Waals surface area contributed by atoms with E-state index in [9.17, 15) is 13.2 Å². The minimum absolute atomic E-state index is 0.371. The number of nitrogens with zero attached hydrogens (tertiary/aromatic N) is 3. The van der Waals surface area contributed by atoms with Crippen LogP contribution in [0.25, 0.3) is 11.5 Å². The van der Waals surface area contributed by atoms with Crippen molar-refractivity contribution in [3.05, 3.63) is 60.4 Å². The van der Waals surface area contributed by atoms with Gasteiger partial charge in [-0.3, -0.25) is 4.98 Å². The van der Waals surface area contributed by atoms with Gasteiger partial charge in [-0.15, -0.1) is 0 Å². The fraction of sp³-hybridized carbons (Fsp3) is 0.118. The lowest BCUT2D eigenvalue weighted by molar-refractivity contribution is -0.137. The third-order valence-corrected chi connectivity index (χ3v) is 4.19. The van der Waals surface area contributed by atoms with E-state index in [1.165, 1.54) is 19.4 Å². The van der Waals surface area contributed by atoms with E-state index in [1.807, 2.05) is 0 Å². The van der Waals surface area contributed by atoms with Crippen LogP contribution >= 0.6 is 11.8 Å². The van der Waals surface area contributed by atoms with E-state index in [0.29, 0.717) is 27.2 Å². The van der Waals surface area contributed by atoms with Crippen LogP contribution in [-0.2, 0) is 6.18 Å². The van der Waals surface area contributed by atoms with Crippen LogP contribution < -0.4 is 4.74 Å². The van der Waals surface area contributed by atoms with Gasteiger partial charge in [0.05, 0.1) is 18.9 Å². The van der Waals surface area contributed by atoms with Crippen LogP contribution in [0.15, 0.2) is 64.8 Å². The summed E-state index contributed by atoms with van der Waals surface area (Å²) in [5.74, 6) is 0.748. The third-order valence-electron chi connectivity index (χ3n) is 3.21. The zero-order valence-electron chi connectivity index (χ0n) is 13.0. The maximum Gasteiger partial charge on any atom is 0.416 e. The number of hydrogen-bond acceptors (Lipinski definition) is 5. The third kappa shape index (κ3) is 4.08. The Balaban J connectivity index is 1.96. The Bertz CT molecular complexity index is 873. The average Bonchev–Trinajstić information content (AvgIpc) is 2.62. The Kier molecular flexibility index (Phi) is 4.89. The van der Waals surface area contributed by atoms with E-state index in [1.54, 1.807) is 30.5 Å². The molecular formula is C17H12F3N3OS. The molecule has 2 heterocycles. The van der Waals surface area contributed by atoms with Crippen LogP contribution in [0, 0.1) is 0 Å². The van der Waals surface area contributed by atoms with Gasteiger partial charge in [0, 0.05) is 11.1 Å². The maximum absolute atomic E-state index is 12.9. The van der Waals surface area contributed by atoms with Crippen molar-refractivity contribution < 1.29 is 17.9 Å². The smallest absolute Gasteiger partial charge is 0.416 e. The topological polar surface area (TPSA) is 47.9 Å². The molecule has 0 aliphatic heterocycles. The molecule has 0 fully saturated rings. The van der Waals surface area contributed by atoms with Crippen LogP contribution in [0.2, 0.25) is 0 Å². The van der Waals surface area contributed by atoms with Crippen molar-refractivity contribution in [1.82, 2.24) is 15.0 Å². The molecule has 0 aliphatic carbocycles. The molecular weight excluding hydrogens is 351 g/mol. The Morgan fingerprint density at radius 2 is 1.88 bits per heavy atom. The van der Waals surface area contributed by atoms with Crippen LogP contribution in [0.1, 0.15) is 5.56 Å². The number of hydrogen-bond donors (Lipinski definition) is 0. The van der Waals surface area contributed by atoms with Gasteiger partial charge in [-0.05, 0) is 30.3 Å². The molecule has 0 atom stereocenters. The molecule has 3 rings (SSSR count). The maximum atomic E-state index is 12.9. The molecule has 0 aliphatic rings. The summed E-state index contributed by atoms with van der Waals surface area (Å²) in [4.78, 5) is 13.1. The van der Waals surface area contributed by atoms with E-state index >= 15 is 0 Å². The predicted octanol–water partition coefficient (Wildman–Crippen LogP) is 4.72. The summed E-state index contributed by atoms with van der Waals surface area (Å²) in [6, 6.07) is 10.4. The van der Waals surface area contributed by atoms with Crippen molar-refractivity contribution in [3.63, 3.8) is 0 Å². The molecule has 0 unspecified atom stereocenters. The minimum Gasteiger partial charge on any atom is -0.492 e. The standard InChI is InChI=1S/C17H12F3N3OS/c1-24-14-10-22-15(13-7-2-3-8-21-13)23-16(14)25-12-6-4-5-11(9-12)17(18,19)20/h2-10H,1H3. The van der Waals surface area contributed by atoms with Gasteiger partial charge < -0.3 is 4.74 Å². The lowest BCUT2D eigenvalue weighted by atomic mass is 10.2. The molecule has 0 amide bonds. The Morgan fingerprint density at radius 3 is 2.56 bits per heavy atom. The summed E-state index contributed by atoms with van der Waals surface area (Å²) in [6.07, 6.45) is -1.30. The highest BCUT2D eigenvalue weighted by atomic mass is 32.2. The summed E-state index contributed by atoms with van der Waals surface area (Å²) < 4.78 is 43.8. The molecule has 4 nitrogen and oxygen atoms in total. The first-order valence-corrected chi connectivity index (χ1v) is 7.96. The molecule has 0 saturated carbocycles. The van der Waals surface area contributed by atoms with Gasteiger partial charge in [0.25, 0.3) is 0 Å². The van der Waals surface area contributed by atoms with Gasteiger partial charge in [-0.1, -0.05) is 23.9 Å². The number of aromatic nitrogens is 3. The van der Waals surface area contributed by atoms with E-state index in [2.05, 4.69) is 15.0 Å². The molecule has 0 spiro atoms. The highest BCUT2D eigenvalue weighted by Gasteiger charge is 2.30. The lowest BCUT2D eigenvalue weighted by Gasteiger charge is -2.10. The average molecular weight is 363 g/mol. The van der Waals surface area contributed by atoms with Crippen molar-refractivity contribution in [2.24, 2.45) is 0 Å². The summed E-state index contributed by atoms with van der Waals surface area (Å²) in [7, 11) is 1.45. The number of alkyl halides is 3. The summed E-state index contributed by atoms with van der Waals surface area (Å²) >= 11 is 1.07. The number of halogens is 3. The monoisotopic (exact) mass is 363 g/mol. The number of methoxy groups -OCH3 is 1. The fourth-order valence-electron chi connectivity index (χ4n) is 2.03. The second-order valence-electron chi connectivity index (χ2n) is 4.91. The van der Waals surface area contributed by atoms with E-state index < -0.39 is 11.7 Å². The van der Waals surface area contributed by atoms with Crippen molar-refractivity contribution in [2.75, 3.05) is 7.11 Å². The van der Waals surface area contributed by atoms with Crippen molar-refractivity contribution >= 4 is 11.8 Å². The first-order chi connectivity index (χ1) is 12.0. The van der Waals surface area contributed by atoms with Crippen molar-refractivity contribution in [2.45, 2.75) is 16.1 Å². The zero-order chi connectivity index (χ0) is 17.9. The Hall–Kier alpha value is -2.61. The molecule has 3 aromatic rings. The van der Waals surface area contributed by atoms with Gasteiger partial charge in [-0.2, -0.15) is 13.2 Å². The second kappa shape index (κ2) is 7.10. The first-order valence-electron chi connectivity index (χ1n) is 7.15. The van der Waals surface area contributed by atoms with Crippen LogP contribution in [0.5, 0.6) is 5.75 Å². The van der Waals surface area contributed by atoms with Gasteiger partial charge in [-0.25, -0.2) is 9.97 Å². The number of ether oxygens (including phenoxy) is 1. The largest absolute Gasteiger partial charge is 0.492 e. The molecule has 0 radical (unpaired) electrons. The van der Waals surface area contributed by atoms with E-state index in [0.717, 1.165) is 23.9 Å². The molecule has 8 heteroatoms. The predicted molar refractivity (Wildman–Crippen MR) is 87.4 cm³/mol. The summed E-state index contributed by atoms with van der Waals surface area (Å²) in [5, 5.41) is 0.414. The molecule has 25 heavy (non-hydrogen) atoms. The first kappa shape index (κ1) is 17.2. The van der Waals surface area contributed by atoms with Gasteiger partial charge in [0.15, 0.2) is 11.6 Å². The van der Waals surface area contributed by atoms with Crippen LogP contribution in [0.4, 0.5) is 13.2 Å².